The molecule has 2 heterocycles. The summed E-state index contributed by atoms with van der Waals surface area (Å²) in [5, 5.41) is 9.38. The summed E-state index contributed by atoms with van der Waals surface area (Å²) in [5.41, 5.74) is 1.01. The first-order valence-electron chi connectivity index (χ1n) is 6.42. The first kappa shape index (κ1) is 14.4. The maximum Gasteiger partial charge on any atom is 0.327 e. The van der Waals surface area contributed by atoms with E-state index >= 15 is 0 Å². The van der Waals surface area contributed by atoms with Crippen molar-refractivity contribution in [3.05, 3.63) is 20.3 Å². The van der Waals surface area contributed by atoms with Crippen LogP contribution in [0.4, 0.5) is 0 Å². The van der Waals surface area contributed by atoms with Gasteiger partial charge in [0, 0.05) is 5.75 Å². The molecule has 108 valence electrons. The van der Waals surface area contributed by atoms with E-state index in [-0.39, 0.29) is 11.3 Å². The van der Waals surface area contributed by atoms with Crippen LogP contribution in [0.2, 0.25) is 0 Å². The third kappa shape index (κ3) is 2.51. The number of nitrogens with zero attached hydrogens (tertiary/aromatic N) is 1. The molecule has 1 aromatic rings. The van der Waals surface area contributed by atoms with Crippen molar-refractivity contribution in [1.29, 1.82) is 0 Å². The summed E-state index contributed by atoms with van der Waals surface area (Å²) in [5.74, 6) is -0.0782. The molecule has 3 rings (SSSR count). The number of carboxylic acid groups (broad SMARTS) is 1. The number of rotatable bonds is 3. The van der Waals surface area contributed by atoms with Crippen LogP contribution in [0.5, 0.6) is 0 Å². The summed E-state index contributed by atoms with van der Waals surface area (Å²) in [6.07, 6.45) is 2.20. The van der Waals surface area contributed by atoms with E-state index in [2.05, 4.69) is 15.9 Å². The molecule has 1 amide bonds. The molecule has 0 aromatic carbocycles. The van der Waals surface area contributed by atoms with Crippen LogP contribution < -0.4 is 0 Å². The second-order valence-electron chi connectivity index (χ2n) is 5.20. The maximum absolute atomic E-state index is 12.7. The summed E-state index contributed by atoms with van der Waals surface area (Å²) in [7, 11) is 0. The van der Waals surface area contributed by atoms with Gasteiger partial charge in [0.1, 0.15) is 6.04 Å². The SMILES string of the molecule is Cc1cc(C(=O)N2C(C(=O)O)CSC2C2CC2)sc1Br. The average Bonchev–Trinajstić information content (AvgIpc) is 3.05. The highest BCUT2D eigenvalue weighted by Gasteiger charge is 2.48. The van der Waals surface area contributed by atoms with Crippen molar-refractivity contribution in [3.8, 4) is 0 Å². The van der Waals surface area contributed by atoms with E-state index in [9.17, 15) is 14.7 Å². The highest BCUT2D eigenvalue weighted by Crippen LogP contribution is 2.46. The zero-order chi connectivity index (χ0) is 14.4. The molecule has 1 aliphatic heterocycles. The molecule has 2 fully saturated rings. The fraction of sp³-hybridized carbons (Fsp3) is 0.538. The Kier molecular flexibility index (Phi) is 3.85. The minimum Gasteiger partial charge on any atom is -0.480 e. The summed E-state index contributed by atoms with van der Waals surface area (Å²) in [4.78, 5) is 26.3. The number of aliphatic carboxylic acids is 1. The molecule has 1 saturated heterocycles. The van der Waals surface area contributed by atoms with Crippen LogP contribution >= 0.6 is 39.0 Å². The number of hydrogen-bond donors (Lipinski definition) is 1. The topological polar surface area (TPSA) is 57.6 Å². The fourth-order valence-corrected chi connectivity index (χ4v) is 5.52. The van der Waals surface area contributed by atoms with Crippen LogP contribution in [-0.2, 0) is 4.79 Å². The van der Waals surface area contributed by atoms with Crippen molar-refractivity contribution < 1.29 is 14.7 Å². The zero-order valence-electron chi connectivity index (χ0n) is 10.8. The van der Waals surface area contributed by atoms with Gasteiger partial charge in [0.05, 0.1) is 14.0 Å². The van der Waals surface area contributed by atoms with Crippen LogP contribution in [0.1, 0.15) is 28.1 Å². The predicted octanol–water partition coefficient (Wildman–Crippen LogP) is 3.20. The minimum absolute atomic E-state index is 0.0322. The van der Waals surface area contributed by atoms with E-state index in [1.807, 2.05) is 13.0 Å². The first-order valence-corrected chi connectivity index (χ1v) is 9.08. The van der Waals surface area contributed by atoms with Gasteiger partial charge in [-0.1, -0.05) is 0 Å². The Morgan fingerprint density at radius 3 is 2.65 bits per heavy atom. The maximum atomic E-state index is 12.7. The Hall–Kier alpha value is -0.530. The molecule has 7 heteroatoms. The number of carbonyl (C=O) groups excluding carboxylic acids is 1. The Balaban J connectivity index is 1.90. The lowest BCUT2D eigenvalue weighted by molar-refractivity contribution is -0.141. The number of thioether (sulfide) groups is 1. The third-order valence-corrected chi connectivity index (χ3v) is 7.23. The van der Waals surface area contributed by atoms with Gasteiger partial charge in [0.15, 0.2) is 0 Å². The summed E-state index contributed by atoms with van der Waals surface area (Å²) < 4.78 is 0.933. The molecule has 0 spiro atoms. The van der Waals surface area contributed by atoms with Crippen LogP contribution in [0.25, 0.3) is 0 Å². The predicted molar refractivity (Wildman–Crippen MR) is 83.3 cm³/mol. The van der Waals surface area contributed by atoms with E-state index in [0.29, 0.717) is 16.5 Å². The van der Waals surface area contributed by atoms with Gasteiger partial charge in [-0.05, 0) is 53.2 Å². The van der Waals surface area contributed by atoms with Gasteiger partial charge < -0.3 is 10.0 Å². The average molecular weight is 376 g/mol. The van der Waals surface area contributed by atoms with Crippen LogP contribution in [0.15, 0.2) is 9.85 Å². The van der Waals surface area contributed by atoms with Crippen molar-refractivity contribution in [2.24, 2.45) is 5.92 Å². The smallest absolute Gasteiger partial charge is 0.327 e. The first-order chi connectivity index (χ1) is 9.49. The molecule has 20 heavy (non-hydrogen) atoms. The van der Waals surface area contributed by atoms with Crippen molar-refractivity contribution in [2.45, 2.75) is 31.2 Å². The monoisotopic (exact) mass is 375 g/mol. The quantitative estimate of drug-likeness (QED) is 0.880. The summed E-state index contributed by atoms with van der Waals surface area (Å²) >= 11 is 6.41. The van der Waals surface area contributed by atoms with Gasteiger partial charge >= 0.3 is 5.97 Å². The minimum atomic E-state index is -0.902. The van der Waals surface area contributed by atoms with Gasteiger partial charge in [0.25, 0.3) is 5.91 Å². The van der Waals surface area contributed by atoms with Crippen LogP contribution in [0, 0.1) is 12.8 Å². The van der Waals surface area contributed by atoms with E-state index in [0.717, 1.165) is 22.2 Å². The lowest BCUT2D eigenvalue weighted by atomic mass is 10.2. The Morgan fingerprint density at radius 1 is 1.45 bits per heavy atom. The molecule has 2 unspecified atom stereocenters. The van der Waals surface area contributed by atoms with Crippen molar-refractivity contribution in [3.63, 3.8) is 0 Å². The summed E-state index contributed by atoms with van der Waals surface area (Å²) in [6.45, 7) is 1.93. The standard InChI is InChI=1S/C13H14BrNO3S2/c1-6-4-9(20-10(6)14)11(16)15-8(13(17)18)5-19-12(15)7-2-3-7/h4,7-8,12H,2-3,5H2,1H3,(H,17,18). The molecule has 1 aromatic heterocycles. The molecule has 2 atom stereocenters. The zero-order valence-corrected chi connectivity index (χ0v) is 14.1. The molecular weight excluding hydrogens is 362 g/mol. The molecular formula is C13H14BrNO3S2. The Bertz CT molecular complexity index is 550. The number of thiophene rings is 1. The molecule has 4 nitrogen and oxygen atoms in total. The van der Waals surface area contributed by atoms with E-state index < -0.39 is 12.0 Å². The normalized spacial score (nSPS) is 26.0. The van der Waals surface area contributed by atoms with Crippen molar-refractivity contribution in [1.82, 2.24) is 4.90 Å². The molecule has 1 aliphatic carbocycles. The highest BCUT2D eigenvalue weighted by molar-refractivity contribution is 9.11. The van der Waals surface area contributed by atoms with Gasteiger partial charge in [-0.25, -0.2) is 4.79 Å². The Labute approximate surface area is 133 Å². The number of amides is 1. The lowest BCUT2D eigenvalue weighted by Gasteiger charge is -2.26. The largest absolute Gasteiger partial charge is 0.480 e. The van der Waals surface area contributed by atoms with E-state index in [1.165, 1.54) is 11.3 Å². The molecule has 0 radical (unpaired) electrons. The van der Waals surface area contributed by atoms with Crippen molar-refractivity contribution in [2.75, 3.05) is 5.75 Å². The lowest BCUT2D eigenvalue weighted by Crippen LogP contribution is -2.46. The van der Waals surface area contributed by atoms with Crippen LogP contribution in [0.3, 0.4) is 0 Å². The molecule has 1 N–H and O–H groups in total. The van der Waals surface area contributed by atoms with E-state index in [4.69, 9.17) is 0 Å². The van der Waals surface area contributed by atoms with E-state index in [1.54, 1.807) is 16.7 Å². The van der Waals surface area contributed by atoms with Gasteiger partial charge in [-0.3, -0.25) is 4.79 Å². The summed E-state index contributed by atoms with van der Waals surface area (Å²) in [6, 6.07) is 1.14. The van der Waals surface area contributed by atoms with Crippen molar-refractivity contribution >= 4 is 50.9 Å². The fourth-order valence-electron chi connectivity index (χ4n) is 2.41. The number of halogens is 1. The second-order valence-corrected chi connectivity index (χ2v) is 8.71. The van der Waals surface area contributed by atoms with Gasteiger partial charge in [-0.15, -0.1) is 23.1 Å². The number of carboxylic acids is 1. The Morgan fingerprint density at radius 2 is 2.15 bits per heavy atom. The molecule has 2 aliphatic rings. The third-order valence-electron chi connectivity index (χ3n) is 3.65. The molecule has 1 saturated carbocycles. The number of hydrogen-bond acceptors (Lipinski definition) is 4. The number of aryl methyl sites for hydroxylation is 1. The second kappa shape index (κ2) is 5.35. The molecule has 0 bridgehead atoms. The number of carbonyl (C=O) groups is 2. The van der Waals surface area contributed by atoms with Gasteiger partial charge in [-0.2, -0.15) is 0 Å². The van der Waals surface area contributed by atoms with Crippen LogP contribution in [-0.4, -0.2) is 39.1 Å². The highest BCUT2D eigenvalue weighted by atomic mass is 79.9. The van der Waals surface area contributed by atoms with Gasteiger partial charge in [0.2, 0.25) is 0 Å².